The van der Waals surface area contributed by atoms with E-state index in [1.54, 1.807) is 28.9 Å². The minimum atomic E-state index is -0.346. The number of aromatic nitrogens is 2. The Kier molecular flexibility index (Phi) is 8.49. The summed E-state index contributed by atoms with van der Waals surface area (Å²) in [5.41, 5.74) is 2.20. The van der Waals surface area contributed by atoms with E-state index in [0.717, 1.165) is 5.56 Å². The molecule has 0 saturated heterocycles. The van der Waals surface area contributed by atoms with Gasteiger partial charge >= 0.3 is 0 Å². The highest BCUT2D eigenvalue weighted by Gasteiger charge is 2.20. The molecule has 0 saturated carbocycles. The fraction of sp³-hybridized carbons (Fsp3) is 0.292. The zero-order chi connectivity index (χ0) is 24.0. The number of carbonyl (C=O) groups excluding carboxylic acids is 2. The molecule has 7 nitrogen and oxygen atoms in total. The number of amides is 2. The summed E-state index contributed by atoms with van der Waals surface area (Å²) in [5, 5.41) is 8.34. The van der Waals surface area contributed by atoms with Crippen molar-refractivity contribution in [2.75, 3.05) is 32.1 Å². The Morgan fingerprint density at radius 2 is 1.82 bits per heavy atom. The molecule has 174 valence electrons. The fourth-order valence-corrected chi connectivity index (χ4v) is 3.59. The second-order valence-electron chi connectivity index (χ2n) is 7.94. The van der Waals surface area contributed by atoms with Crippen LogP contribution in [0, 0.1) is 5.92 Å². The van der Waals surface area contributed by atoms with Crippen molar-refractivity contribution in [1.82, 2.24) is 14.7 Å². The van der Waals surface area contributed by atoms with Gasteiger partial charge in [0, 0.05) is 25.3 Å². The molecule has 0 radical (unpaired) electrons. The summed E-state index contributed by atoms with van der Waals surface area (Å²) in [4.78, 5) is 26.8. The van der Waals surface area contributed by atoms with Gasteiger partial charge in [0.15, 0.2) is 0 Å². The third-order valence-electron chi connectivity index (χ3n) is 4.73. The summed E-state index contributed by atoms with van der Waals surface area (Å²) in [7, 11) is 1.45. The van der Waals surface area contributed by atoms with Crippen molar-refractivity contribution in [2.45, 2.75) is 13.8 Å². The predicted molar refractivity (Wildman–Crippen MR) is 131 cm³/mol. The summed E-state index contributed by atoms with van der Waals surface area (Å²) in [6.07, 6.45) is 0. The van der Waals surface area contributed by atoms with Gasteiger partial charge in [0.2, 0.25) is 11.8 Å². The average Bonchev–Trinajstić information content (AvgIpc) is 3.19. The Bertz CT molecular complexity index is 1120. The summed E-state index contributed by atoms with van der Waals surface area (Å²) in [5.74, 6) is 0.0520. The third kappa shape index (κ3) is 6.57. The number of rotatable bonds is 9. The van der Waals surface area contributed by atoms with Gasteiger partial charge in [-0.1, -0.05) is 67.4 Å². The van der Waals surface area contributed by atoms with Crippen LogP contribution in [0.15, 0.2) is 54.6 Å². The largest absolute Gasteiger partial charge is 0.375 e. The number of hydrogen-bond acceptors (Lipinski definition) is 4. The van der Waals surface area contributed by atoms with Crippen LogP contribution >= 0.6 is 23.2 Å². The zero-order valence-electron chi connectivity index (χ0n) is 18.7. The van der Waals surface area contributed by atoms with Gasteiger partial charge in [0.25, 0.3) is 0 Å². The van der Waals surface area contributed by atoms with Crippen LogP contribution < -0.4 is 5.32 Å². The maximum atomic E-state index is 12.9. The molecule has 0 aliphatic rings. The highest BCUT2D eigenvalue weighted by Crippen LogP contribution is 2.29. The lowest BCUT2D eigenvalue weighted by Gasteiger charge is -2.23. The third-order valence-corrected chi connectivity index (χ3v) is 5.47. The van der Waals surface area contributed by atoms with E-state index in [9.17, 15) is 9.59 Å². The highest BCUT2D eigenvalue weighted by molar-refractivity contribution is 6.42. The van der Waals surface area contributed by atoms with Gasteiger partial charge in [-0.2, -0.15) is 5.10 Å². The maximum absolute atomic E-state index is 12.9. The van der Waals surface area contributed by atoms with Crippen molar-refractivity contribution in [3.05, 3.63) is 64.6 Å². The van der Waals surface area contributed by atoms with Gasteiger partial charge in [0.05, 0.1) is 28.0 Å². The molecule has 9 heteroatoms. The first-order valence-corrected chi connectivity index (χ1v) is 11.2. The van der Waals surface area contributed by atoms with Crippen LogP contribution in [0.5, 0.6) is 0 Å². The molecule has 3 aromatic rings. The van der Waals surface area contributed by atoms with E-state index in [1.165, 1.54) is 12.0 Å². The fourth-order valence-electron chi connectivity index (χ4n) is 3.30. The molecule has 1 N–H and O–H groups in total. The van der Waals surface area contributed by atoms with Crippen LogP contribution in [-0.2, 0) is 14.3 Å². The summed E-state index contributed by atoms with van der Waals surface area (Å²) >= 11 is 12.3. The van der Waals surface area contributed by atoms with Crippen LogP contribution in [-0.4, -0.2) is 53.3 Å². The minimum Gasteiger partial charge on any atom is -0.375 e. The number of carbonyl (C=O) groups is 2. The maximum Gasteiger partial charge on any atom is 0.249 e. The highest BCUT2D eigenvalue weighted by atomic mass is 35.5. The van der Waals surface area contributed by atoms with Gasteiger partial charge in [-0.15, -0.1) is 0 Å². The molecule has 0 unspecified atom stereocenters. The first-order valence-electron chi connectivity index (χ1n) is 10.5. The van der Waals surface area contributed by atoms with Crippen molar-refractivity contribution in [3.8, 4) is 16.9 Å². The number of anilines is 1. The lowest BCUT2D eigenvalue weighted by molar-refractivity contribution is -0.138. The number of methoxy groups -OCH3 is 1. The SMILES string of the molecule is COCC(=O)N(CC(=O)Nc1cc(-c2ccccc2)nn1-c1ccc(Cl)c(Cl)c1)CC(C)C. The van der Waals surface area contributed by atoms with E-state index in [-0.39, 0.29) is 30.9 Å². The van der Waals surface area contributed by atoms with Crippen molar-refractivity contribution in [1.29, 1.82) is 0 Å². The molecule has 0 aliphatic carbocycles. The molecule has 1 heterocycles. The van der Waals surface area contributed by atoms with Crippen molar-refractivity contribution in [2.24, 2.45) is 5.92 Å². The van der Waals surface area contributed by atoms with Crippen molar-refractivity contribution >= 4 is 40.8 Å². The number of benzene rings is 2. The monoisotopic (exact) mass is 488 g/mol. The standard InChI is InChI=1S/C24H26Cl2N4O3/c1-16(2)13-29(24(32)15-33-3)14-23(31)27-22-12-21(17-7-5-4-6-8-17)28-30(22)18-9-10-19(25)20(26)11-18/h4-12,16H,13-15H2,1-3H3,(H,27,31). The quantitative estimate of drug-likeness (QED) is 0.463. The number of halogens is 2. The molecule has 0 bridgehead atoms. The lowest BCUT2D eigenvalue weighted by Crippen LogP contribution is -2.42. The van der Waals surface area contributed by atoms with E-state index >= 15 is 0 Å². The second kappa shape index (κ2) is 11.3. The Morgan fingerprint density at radius 1 is 1.09 bits per heavy atom. The predicted octanol–water partition coefficient (Wildman–Crippen LogP) is 4.92. The minimum absolute atomic E-state index is 0.0840. The van der Waals surface area contributed by atoms with Crippen LogP contribution in [0.2, 0.25) is 10.0 Å². The molecule has 3 rings (SSSR count). The van der Waals surface area contributed by atoms with Gasteiger partial charge in [-0.3, -0.25) is 9.59 Å². The molecule has 2 aromatic carbocycles. The van der Waals surface area contributed by atoms with E-state index in [0.29, 0.717) is 33.8 Å². The topological polar surface area (TPSA) is 76.5 Å². The van der Waals surface area contributed by atoms with Gasteiger partial charge in [-0.25, -0.2) is 4.68 Å². The zero-order valence-corrected chi connectivity index (χ0v) is 20.2. The molecule has 33 heavy (non-hydrogen) atoms. The Balaban J connectivity index is 1.91. The molecule has 0 aliphatic heterocycles. The van der Waals surface area contributed by atoms with Gasteiger partial charge < -0.3 is 15.0 Å². The summed E-state index contributed by atoms with van der Waals surface area (Å²) in [6, 6.07) is 16.5. The average molecular weight is 489 g/mol. The van der Waals surface area contributed by atoms with Crippen LogP contribution in [0.4, 0.5) is 5.82 Å². The van der Waals surface area contributed by atoms with Crippen molar-refractivity contribution < 1.29 is 14.3 Å². The number of nitrogens with zero attached hydrogens (tertiary/aromatic N) is 3. The summed E-state index contributed by atoms with van der Waals surface area (Å²) < 4.78 is 6.55. The number of nitrogens with one attached hydrogen (secondary N) is 1. The molecule has 0 fully saturated rings. The molecule has 1 aromatic heterocycles. The first kappa shape index (κ1) is 24.8. The summed E-state index contributed by atoms with van der Waals surface area (Å²) in [6.45, 7) is 4.22. The molecule has 0 atom stereocenters. The first-order chi connectivity index (χ1) is 15.8. The van der Waals surface area contributed by atoms with E-state index in [1.807, 2.05) is 44.2 Å². The van der Waals surface area contributed by atoms with Gasteiger partial charge in [0.1, 0.15) is 12.4 Å². The smallest absolute Gasteiger partial charge is 0.249 e. The van der Waals surface area contributed by atoms with Crippen LogP contribution in [0.3, 0.4) is 0 Å². The Morgan fingerprint density at radius 3 is 2.45 bits per heavy atom. The molecule has 2 amide bonds. The second-order valence-corrected chi connectivity index (χ2v) is 8.75. The number of hydrogen-bond donors (Lipinski definition) is 1. The van der Waals surface area contributed by atoms with Gasteiger partial charge in [-0.05, 0) is 24.1 Å². The molecular formula is C24H26Cl2N4O3. The lowest BCUT2D eigenvalue weighted by atomic mass is 10.1. The number of ether oxygens (including phenoxy) is 1. The van der Waals surface area contributed by atoms with Crippen LogP contribution in [0.1, 0.15) is 13.8 Å². The van der Waals surface area contributed by atoms with Crippen LogP contribution in [0.25, 0.3) is 16.9 Å². The molecular weight excluding hydrogens is 463 g/mol. The normalized spacial score (nSPS) is 11.0. The van der Waals surface area contributed by atoms with E-state index in [4.69, 9.17) is 27.9 Å². The Hall–Kier alpha value is -2.87. The van der Waals surface area contributed by atoms with E-state index in [2.05, 4.69) is 10.4 Å². The Labute approximate surface area is 203 Å². The van der Waals surface area contributed by atoms with Crippen molar-refractivity contribution in [3.63, 3.8) is 0 Å². The molecule has 0 spiro atoms. The van der Waals surface area contributed by atoms with E-state index < -0.39 is 0 Å².